The first-order chi connectivity index (χ1) is 9.88. The zero-order valence-corrected chi connectivity index (χ0v) is 13.2. The van der Waals surface area contributed by atoms with Gasteiger partial charge in [0.15, 0.2) is 0 Å². The van der Waals surface area contributed by atoms with E-state index in [2.05, 4.69) is 24.0 Å². The second kappa shape index (κ2) is 6.48. The zero-order chi connectivity index (χ0) is 15.6. The van der Waals surface area contributed by atoms with Crippen molar-refractivity contribution in [1.82, 2.24) is 4.90 Å². The minimum absolute atomic E-state index is 0.182. The van der Waals surface area contributed by atoms with Crippen molar-refractivity contribution in [3.63, 3.8) is 0 Å². The highest BCUT2D eigenvalue weighted by molar-refractivity contribution is 5.70. The van der Waals surface area contributed by atoms with E-state index in [0.717, 1.165) is 18.8 Å². The molecule has 1 aliphatic heterocycles. The quantitative estimate of drug-likeness (QED) is 0.874. The van der Waals surface area contributed by atoms with Crippen molar-refractivity contribution in [2.75, 3.05) is 13.1 Å². The third kappa shape index (κ3) is 3.76. The van der Waals surface area contributed by atoms with E-state index in [4.69, 9.17) is 9.84 Å². The van der Waals surface area contributed by atoms with Crippen molar-refractivity contribution in [3.8, 4) is 5.75 Å². The lowest BCUT2D eigenvalue weighted by Crippen LogP contribution is -2.51. The van der Waals surface area contributed by atoms with Crippen LogP contribution in [0.1, 0.15) is 39.3 Å². The Morgan fingerprint density at radius 2 is 1.76 bits per heavy atom. The summed E-state index contributed by atoms with van der Waals surface area (Å²) in [6, 6.07) is 8.51. The second-order valence-electron chi connectivity index (χ2n) is 6.25. The molecule has 2 rings (SSSR count). The number of rotatable bonds is 6. The Bertz CT molecular complexity index is 477. The largest absolute Gasteiger partial charge is 0.491 e. The molecule has 4 nitrogen and oxygen atoms in total. The van der Waals surface area contributed by atoms with Crippen molar-refractivity contribution in [1.29, 1.82) is 0 Å². The minimum Gasteiger partial charge on any atom is -0.491 e. The van der Waals surface area contributed by atoms with Gasteiger partial charge in [0.25, 0.3) is 0 Å². The Balaban J connectivity index is 1.90. The number of ether oxygens (including phenoxy) is 1. The normalized spacial score (nSPS) is 19.1. The van der Waals surface area contributed by atoms with Gasteiger partial charge in [-0.1, -0.05) is 19.1 Å². The summed E-state index contributed by atoms with van der Waals surface area (Å²) in [6.07, 6.45) is 0.182. The number of hydrogen-bond donors (Lipinski definition) is 1. The molecule has 1 aromatic rings. The van der Waals surface area contributed by atoms with E-state index in [1.807, 2.05) is 26.0 Å². The van der Waals surface area contributed by atoms with Gasteiger partial charge in [-0.05, 0) is 44.4 Å². The number of carboxylic acids is 1. The highest BCUT2D eigenvalue weighted by Crippen LogP contribution is 2.32. The maximum Gasteiger partial charge on any atom is 0.306 e. The van der Waals surface area contributed by atoms with Crippen molar-refractivity contribution in [3.05, 3.63) is 29.8 Å². The maximum atomic E-state index is 11.0. The van der Waals surface area contributed by atoms with Crippen LogP contribution in [-0.2, 0) is 4.79 Å². The average molecular weight is 291 g/mol. The first-order valence-electron chi connectivity index (χ1n) is 7.62. The van der Waals surface area contributed by atoms with Gasteiger partial charge in [-0.15, -0.1) is 0 Å². The number of carbonyl (C=O) groups is 1. The average Bonchev–Trinajstić information content (AvgIpc) is 2.36. The van der Waals surface area contributed by atoms with Gasteiger partial charge in [0, 0.05) is 19.1 Å². The lowest BCUT2D eigenvalue weighted by molar-refractivity contribution is -0.146. The highest BCUT2D eigenvalue weighted by Gasteiger charge is 2.36. The molecule has 0 amide bonds. The van der Waals surface area contributed by atoms with E-state index in [9.17, 15) is 4.79 Å². The van der Waals surface area contributed by atoms with Gasteiger partial charge in [-0.25, -0.2) is 0 Å². The van der Waals surface area contributed by atoms with E-state index in [-0.39, 0.29) is 17.9 Å². The fraction of sp³-hybridized carbons (Fsp3) is 0.588. The van der Waals surface area contributed by atoms with Crippen LogP contribution in [0.2, 0.25) is 0 Å². The Hall–Kier alpha value is -1.55. The molecule has 21 heavy (non-hydrogen) atoms. The van der Waals surface area contributed by atoms with Crippen LogP contribution in [0.15, 0.2) is 24.3 Å². The molecule has 0 bridgehead atoms. The van der Waals surface area contributed by atoms with Crippen LogP contribution in [0.25, 0.3) is 0 Å². The number of nitrogens with zero attached hydrogens (tertiary/aromatic N) is 1. The topological polar surface area (TPSA) is 49.8 Å². The molecule has 1 aliphatic rings. The van der Waals surface area contributed by atoms with Crippen molar-refractivity contribution < 1.29 is 14.6 Å². The molecule has 0 spiro atoms. The predicted octanol–water partition coefficient (Wildman–Crippen LogP) is 3.19. The summed E-state index contributed by atoms with van der Waals surface area (Å²) < 4.78 is 5.65. The number of aliphatic carboxylic acids is 1. The third-order valence-electron chi connectivity index (χ3n) is 4.32. The SMILES string of the molecule is CC(C)Oc1ccc(C(C)N2CC(C(C)C(=O)O)C2)cc1. The first kappa shape index (κ1) is 15.8. The lowest BCUT2D eigenvalue weighted by atomic mass is 9.85. The molecule has 1 fully saturated rings. The summed E-state index contributed by atoms with van der Waals surface area (Å²) >= 11 is 0. The molecular weight excluding hydrogens is 266 g/mol. The molecule has 4 heteroatoms. The predicted molar refractivity (Wildman–Crippen MR) is 82.5 cm³/mol. The van der Waals surface area contributed by atoms with Crippen molar-refractivity contribution in [2.45, 2.75) is 39.8 Å². The lowest BCUT2D eigenvalue weighted by Gasteiger charge is -2.45. The minimum atomic E-state index is -0.692. The Morgan fingerprint density at radius 1 is 1.19 bits per heavy atom. The van der Waals surface area contributed by atoms with Gasteiger partial charge < -0.3 is 9.84 Å². The Kier molecular flexibility index (Phi) is 4.88. The molecule has 0 radical (unpaired) electrons. The van der Waals surface area contributed by atoms with Gasteiger partial charge in [0.1, 0.15) is 5.75 Å². The molecule has 1 saturated heterocycles. The number of hydrogen-bond acceptors (Lipinski definition) is 3. The smallest absolute Gasteiger partial charge is 0.306 e. The molecule has 2 unspecified atom stereocenters. The monoisotopic (exact) mass is 291 g/mol. The van der Waals surface area contributed by atoms with Gasteiger partial charge >= 0.3 is 5.97 Å². The summed E-state index contributed by atoms with van der Waals surface area (Å²) in [6.45, 7) is 9.71. The van der Waals surface area contributed by atoms with Crippen LogP contribution in [0, 0.1) is 11.8 Å². The standard InChI is InChI=1S/C17H25NO3/c1-11(2)21-16-7-5-14(6-8-16)13(4)18-9-15(10-18)12(3)17(19)20/h5-8,11-13,15H,9-10H2,1-4H3,(H,19,20). The molecule has 1 heterocycles. The second-order valence-corrected chi connectivity index (χ2v) is 6.25. The summed E-state index contributed by atoms with van der Waals surface area (Å²) in [5, 5.41) is 9.03. The van der Waals surface area contributed by atoms with Crippen LogP contribution in [0.5, 0.6) is 5.75 Å². The molecule has 1 N–H and O–H groups in total. The molecule has 1 aromatic carbocycles. The Labute approximate surface area is 126 Å². The fourth-order valence-corrected chi connectivity index (χ4v) is 2.69. The summed E-state index contributed by atoms with van der Waals surface area (Å²) in [7, 11) is 0. The van der Waals surface area contributed by atoms with E-state index < -0.39 is 5.97 Å². The van der Waals surface area contributed by atoms with E-state index in [1.165, 1.54) is 5.56 Å². The third-order valence-corrected chi connectivity index (χ3v) is 4.32. The van der Waals surface area contributed by atoms with Crippen LogP contribution in [0.3, 0.4) is 0 Å². The van der Waals surface area contributed by atoms with Gasteiger partial charge in [-0.2, -0.15) is 0 Å². The van der Waals surface area contributed by atoms with Crippen LogP contribution < -0.4 is 4.74 Å². The molecular formula is C17H25NO3. The molecule has 2 atom stereocenters. The highest BCUT2D eigenvalue weighted by atomic mass is 16.5. The fourth-order valence-electron chi connectivity index (χ4n) is 2.69. The van der Waals surface area contributed by atoms with Crippen molar-refractivity contribution >= 4 is 5.97 Å². The Morgan fingerprint density at radius 3 is 2.24 bits per heavy atom. The molecule has 0 aromatic heterocycles. The molecule has 0 aliphatic carbocycles. The van der Waals surface area contributed by atoms with Gasteiger partial charge in [-0.3, -0.25) is 9.69 Å². The van der Waals surface area contributed by atoms with Crippen LogP contribution in [-0.4, -0.2) is 35.2 Å². The van der Waals surface area contributed by atoms with Gasteiger partial charge in [0.05, 0.1) is 12.0 Å². The molecule has 0 saturated carbocycles. The van der Waals surface area contributed by atoms with Gasteiger partial charge in [0.2, 0.25) is 0 Å². The van der Waals surface area contributed by atoms with E-state index >= 15 is 0 Å². The summed E-state index contributed by atoms with van der Waals surface area (Å²) in [4.78, 5) is 13.3. The zero-order valence-electron chi connectivity index (χ0n) is 13.2. The number of likely N-dealkylation sites (tertiary alicyclic amines) is 1. The maximum absolute atomic E-state index is 11.0. The molecule has 116 valence electrons. The first-order valence-corrected chi connectivity index (χ1v) is 7.62. The van der Waals surface area contributed by atoms with Crippen LogP contribution in [0.4, 0.5) is 0 Å². The van der Waals surface area contributed by atoms with Crippen molar-refractivity contribution in [2.24, 2.45) is 11.8 Å². The summed E-state index contributed by atoms with van der Waals surface area (Å²) in [5.74, 6) is 0.216. The van der Waals surface area contributed by atoms with E-state index in [0.29, 0.717) is 6.04 Å². The number of carboxylic acid groups (broad SMARTS) is 1. The summed E-state index contributed by atoms with van der Waals surface area (Å²) in [5.41, 5.74) is 1.24. The number of benzene rings is 1. The van der Waals surface area contributed by atoms with E-state index in [1.54, 1.807) is 6.92 Å². The van der Waals surface area contributed by atoms with Crippen LogP contribution >= 0.6 is 0 Å².